The van der Waals surface area contributed by atoms with Crippen LogP contribution in [0.15, 0.2) is 42.6 Å². The zero-order valence-electron chi connectivity index (χ0n) is 20.0. The second kappa shape index (κ2) is 10.1. The molecule has 0 saturated carbocycles. The monoisotopic (exact) mass is 518 g/mol. The number of piperidine rings is 1. The molecule has 0 aliphatic carbocycles. The number of halogens is 4. The zero-order valence-corrected chi connectivity index (χ0v) is 20.7. The summed E-state index contributed by atoms with van der Waals surface area (Å²) in [5, 5.41) is 0.600. The van der Waals surface area contributed by atoms with Crippen LogP contribution in [0, 0.1) is 0 Å². The smallest absolute Gasteiger partial charge is 0.351 e. The van der Waals surface area contributed by atoms with Crippen molar-refractivity contribution in [3.05, 3.63) is 53.2 Å². The van der Waals surface area contributed by atoms with E-state index in [2.05, 4.69) is 26.7 Å². The Labute approximate surface area is 213 Å². The molecule has 2 aromatic heterocycles. The molecule has 0 spiro atoms. The summed E-state index contributed by atoms with van der Waals surface area (Å²) in [7, 11) is 0. The molecule has 0 amide bonds. The highest BCUT2D eigenvalue weighted by atomic mass is 35.5. The minimum Gasteiger partial charge on any atom is -0.351 e. The first-order chi connectivity index (χ1) is 17.3. The minimum atomic E-state index is -4.45. The van der Waals surface area contributed by atoms with Crippen molar-refractivity contribution in [3.8, 4) is 11.4 Å². The molecule has 7 nitrogen and oxygen atoms in total. The van der Waals surface area contributed by atoms with E-state index in [-0.39, 0.29) is 5.82 Å². The van der Waals surface area contributed by atoms with Crippen LogP contribution in [0.3, 0.4) is 0 Å². The Kier molecular flexibility index (Phi) is 6.87. The van der Waals surface area contributed by atoms with Crippen molar-refractivity contribution >= 4 is 29.3 Å². The van der Waals surface area contributed by atoms with Crippen molar-refractivity contribution in [3.63, 3.8) is 0 Å². The fourth-order valence-electron chi connectivity index (χ4n) is 4.84. The third-order valence-electron chi connectivity index (χ3n) is 6.78. The van der Waals surface area contributed by atoms with E-state index in [4.69, 9.17) is 21.6 Å². The minimum absolute atomic E-state index is 0.0289. The quantitative estimate of drug-likeness (QED) is 0.497. The zero-order chi connectivity index (χ0) is 25.3. The average Bonchev–Trinajstić information content (AvgIpc) is 2.88. The van der Waals surface area contributed by atoms with Crippen molar-refractivity contribution < 1.29 is 18.2 Å². The van der Waals surface area contributed by atoms with Crippen LogP contribution < -0.4 is 19.7 Å². The number of hydrogen-bond acceptors (Lipinski definition) is 6. The normalized spacial score (nSPS) is 19.0. The average molecular weight is 519 g/mol. The summed E-state index contributed by atoms with van der Waals surface area (Å²) < 4.78 is 40.6. The van der Waals surface area contributed by atoms with Crippen LogP contribution >= 0.6 is 11.6 Å². The Bertz CT molecular complexity index is 1210. The van der Waals surface area contributed by atoms with Crippen LogP contribution in [-0.2, 0) is 6.18 Å². The first-order valence-electron chi connectivity index (χ1n) is 12.2. The lowest BCUT2D eigenvalue weighted by Gasteiger charge is -2.35. The summed E-state index contributed by atoms with van der Waals surface area (Å²) in [4.78, 5) is 23.1. The number of piperazine rings is 1. The van der Waals surface area contributed by atoms with E-state index in [1.54, 1.807) is 11.0 Å². The molecule has 11 heteroatoms. The van der Waals surface area contributed by atoms with Crippen LogP contribution in [0.5, 0.6) is 0 Å². The molecule has 2 aliphatic rings. The summed E-state index contributed by atoms with van der Waals surface area (Å²) in [5.74, 6) is 1.92. The number of alkyl halides is 3. The highest BCUT2D eigenvalue weighted by Crippen LogP contribution is 2.35. The SMILES string of the molecule is CC1CCCCN1c1nc(-c2cccc(Cl)c2)nc(N2CCN(c3ncccc3C(F)(F)F)CC2)[nH+]1. The number of aromatic nitrogens is 4. The number of aromatic amines is 1. The lowest BCUT2D eigenvalue weighted by molar-refractivity contribution is -0.359. The molecule has 4 heterocycles. The van der Waals surface area contributed by atoms with E-state index >= 15 is 0 Å². The van der Waals surface area contributed by atoms with Crippen molar-refractivity contribution in [2.75, 3.05) is 47.4 Å². The maximum absolute atomic E-state index is 13.5. The van der Waals surface area contributed by atoms with Gasteiger partial charge in [-0.25, -0.2) is 9.97 Å². The third kappa shape index (κ3) is 5.18. The second-order valence-electron chi connectivity index (χ2n) is 9.21. The largest absolute Gasteiger partial charge is 0.419 e. The molecule has 3 aromatic rings. The van der Waals surface area contributed by atoms with Gasteiger partial charge < -0.3 is 4.90 Å². The maximum atomic E-state index is 13.5. The van der Waals surface area contributed by atoms with Crippen LogP contribution in [0.4, 0.5) is 30.9 Å². The van der Waals surface area contributed by atoms with E-state index in [0.29, 0.717) is 49.0 Å². The molecule has 36 heavy (non-hydrogen) atoms. The number of hydrogen-bond donors (Lipinski definition) is 0. The molecule has 5 rings (SSSR count). The Hall–Kier alpha value is -3.14. The number of H-pyrrole nitrogens is 1. The van der Waals surface area contributed by atoms with Crippen molar-refractivity contribution in [1.29, 1.82) is 0 Å². The van der Waals surface area contributed by atoms with Gasteiger partial charge in [0.2, 0.25) is 0 Å². The molecule has 2 fully saturated rings. The molecule has 1 N–H and O–H groups in total. The lowest BCUT2D eigenvalue weighted by Crippen LogP contribution is -2.50. The first kappa shape index (κ1) is 24.5. The van der Waals surface area contributed by atoms with Crippen LogP contribution in [-0.4, -0.2) is 53.7 Å². The number of rotatable bonds is 4. The van der Waals surface area contributed by atoms with Gasteiger partial charge in [-0.15, -0.1) is 0 Å². The number of nitrogens with zero attached hydrogens (tertiary/aromatic N) is 6. The van der Waals surface area contributed by atoms with Crippen LogP contribution in [0.1, 0.15) is 31.7 Å². The van der Waals surface area contributed by atoms with E-state index < -0.39 is 11.7 Å². The van der Waals surface area contributed by atoms with Gasteiger partial charge in [-0.1, -0.05) is 27.6 Å². The van der Waals surface area contributed by atoms with Gasteiger partial charge >= 0.3 is 18.1 Å². The standard InChI is InChI=1S/C25H27ClF3N7/c1-17-6-2-3-11-36(17)24-32-21(18-7-4-8-19(26)16-18)31-23(33-24)35-14-12-34(13-15-35)22-20(25(27,28)29)9-5-10-30-22/h4-5,7-10,16-17H,2-3,6,11-15H2,1H3/p+1. The van der Waals surface area contributed by atoms with E-state index in [9.17, 15) is 13.2 Å². The Morgan fingerprint density at radius 3 is 2.42 bits per heavy atom. The highest BCUT2D eigenvalue weighted by molar-refractivity contribution is 6.30. The lowest BCUT2D eigenvalue weighted by atomic mass is 10.0. The highest BCUT2D eigenvalue weighted by Gasteiger charge is 2.37. The van der Waals surface area contributed by atoms with E-state index in [1.165, 1.54) is 18.7 Å². The third-order valence-corrected chi connectivity index (χ3v) is 7.01. The Morgan fingerprint density at radius 1 is 0.944 bits per heavy atom. The van der Waals surface area contributed by atoms with Gasteiger partial charge in [0.15, 0.2) is 0 Å². The topological polar surface area (TPSA) is 62.5 Å². The van der Waals surface area contributed by atoms with E-state index in [1.807, 2.05) is 18.2 Å². The Balaban J connectivity index is 1.43. The van der Waals surface area contributed by atoms with Gasteiger partial charge in [-0.3, -0.25) is 9.80 Å². The number of pyridine rings is 1. The van der Waals surface area contributed by atoms with Crippen molar-refractivity contribution in [1.82, 2.24) is 15.0 Å². The van der Waals surface area contributed by atoms with Gasteiger partial charge in [0.1, 0.15) is 5.82 Å². The second-order valence-corrected chi connectivity index (χ2v) is 9.65. The first-order valence-corrected chi connectivity index (χ1v) is 12.5. The molecule has 1 atom stereocenters. The number of anilines is 3. The molecule has 1 aromatic carbocycles. The summed E-state index contributed by atoms with van der Waals surface area (Å²) >= 11 is 6.24. The molecular formula is C25H28ClF3N7+. The van der Waals surface area contributed by atoms with Gasteiger partial charge in [-0.2, -0.15) is 13.2 Å². The summed E-state index contributed by atoms with van der Waals surface area (Å²) in [5.41, 5.74) is 0.0993. The van der Waals surface area contributed by atoms with Gasteiger partial charge in [-0.05, 0) is 56.5 Å². The van der Waals surface area contributed by atoms with Gasteiger partial charge in [0.05, 0.1) is 24.7 Å². The molecule has 1 unspecified atom stereocenters. The number of nitrogens with one attached hydrogen (secondary N) is 1. The Morgan fingerprint density at radius 2 is 1.69 bits per heavy atom. The summed E-state index contributed by atoms with van der Waals surface area (Å²) in [6.07, 6.45) is 0.315. The molecule has 0 bridgehead atoms. The summed E-state index contributed by atoms with van der Waals surface area (Å²) in [6.45, 7) is 4.85. The van der Waals surface area contributed by atoms with Crippen molar-refractivity contribution in [2.45, 2.75) is 38.4 Å². The molecular weight excluding hydrogens is 491 g/mol. The van der Waals surface area contributed by atoms with Gasteiger partial charge in [0.25, 0.3) is 5.82 Å². The molecule has 190 valence electrons. The van der Waals surface area contributed by atoms with E-state index in [0.717, 1.165) is 37.0 Å². The summed E-state index contributed by atoms with van der Waals surface area (Å²) in [6, 6.07) is 10.2. The van der Waals surface area contributed by atoms with Gasteiger partial charge in [0, 0.05) is 36.4 Å². The molecule has 0 radical (unpaired) electrons. The predicted octanol–water partition coefficient (Wildman–Crippen LogP) is 4.73. The van der Waals surface area contributed by atoms with Crippen LogP contribution in [0.2, 0.25) is 5.02 Å². The molecule has 2 aliphatic heterocycles. The number of benzene rings is 1. The van der Waals surface area contributed by atoms with Crippen molar-refractivity contribution in [2.24, 2.45) is 0 Å². The molecule has 2 saturated heterocycles. The fraction of sp³-hybridized carbons (Fsp3) is 0.440. The van der Waals surface area contributed by atoms with Crippen LogP contribution in [0.25, 0.3) is 11.4 Å². The predicted molar refractivity (Wildman–Crippen MR) is 133 cm³/mol. The fourth-order valence-corrected chi connectivity index (χ4v) is 5.03. The maximum Gasteiger partial charge on any atom is 0.419 e.